The van der Waals surface area contributed by atoms with E-state index in [2.05, 4.69) is 10.6 Å². The highest BCUT2D eigenvalue weighted by atomic mass is 19.1. The molecule has 112 valence electrons. The maximum absolute atomic E-state index is 13.6. The van der Waals surface area contributed by atoms with E-state index in [0.717, 1.165) is 0 Å². The molecule has 0 aliphatic rings. The molecule has 0 spiro atoms. The molecule has 0 fully saturated rings. The lowest BCUT2D eigenvalue weighted by Crippen LogP contribution is -2.44. The molecule has 2 N–H and O–H groups in total. The molecule has 2 atom stereocenters. The summed E-state index contributed by atoms with van der Waals surface area (Å²) in [6.07, 6.45) is 0. The van der Waals surface area contributed by atoms with Gasteiger partial charge >= 0.3 is 0 Å². The fourth-order valence-electron chi connectivity index (χ4n) is 1.92. The van der Waals surface area contributed by atoms with Crippen molar-refractivity contribution in [2.24, 2.45) is 5.92 Å². The number of carbonyl (C=O) groups is 1. The van der Waals surface area contributed by atoms with Crippen LogP contribution in [0, 0.1) is 17.6 Å². The highest BCUT2D eigenvalue weighted by Gasteiger charge is 2.20. The first-order valence-corrected chi connectivity index (χ1v) is 6.80. The average Bonchev–Trinajstić information content (AvgIpc) is 2.35. The van der Waals surface area contributed by atoms with Gasteiger partial charge in [-0.2, -0.15) is 0 Å². The zero-order chi connectivity index (χ0) is 15.3. The van der Waals surface area contributed by atoms with Crippen LogP contribution in [-0.4, -0.2) is 18.5 Å². The minimum Gasteiger partial charge on any atom is -0.354 e. The lowest BCUT2D eigenvalue weighted by molar-refractivity contribution is -0.123. The van der Waals surface area contributed by atoms with E-state index < -0.39 is 23.7 Å². The van der Waals surface area contributed by atoms with Crippen LogP contribution in [0.15, 0.2) is 18.2 Å². The first-order chi connectivity index (χ1) is 9.32. The standard InChI is InChI=1S/C15H22F2N2O/c1-9(2)8-18-15(20)11(4)19-10(3)14-12(16)6-5-7-13(14)17/h5-7,9-11,19H,8H2,1-4H3,(H,18,20). The minimum absolute atomic E-state index is 0.0454. The van der Waals surface area contributed by atoms with Crippen molar-refractivity contribution in [3.8, 4) is 0 Å². The van der Waals surface area contributed by atoms with Crippen molar-refractivity contribution in [3.63, 3.8) is 0 Å². The van der Waals surface area contributed by atoms with E-state index in [1.807, 2.05) is 13.8 Å². The van der Waals surface area contributed by atoms with Gasteiger partial charge in [0.15, 0.2) is 0 Å². The molecule has 2 unspecified atom stereocenters. The van der Waals surface area contributed by atoms with E-state index in [1.165, 1.54) is 18.2 Å². The molecule has 3 nitrogen and oxygen atoms in total. The van der Waals surface area contributed by atoms with Gasteiger partial charge in [0.1, 0.15) is 11.6 Å². The van der Waals surface area contributed by atoms with Gasteiger partial charge < -0.3 is 5.32 Å². The molecule has 0 saturated carbocycles. The summed E-state index contributed by atoms with van der Waals surface area (Å²) in [5, 5.41) is 5.69. The average molecular weight is 284 g/mol. The van der Waals surface area contributed by atoms with Crippen molar-refractivity contribution in [2.75, 3.05) is 6.54 Å². The number of benzene rings is 1. The van der Waals surface area contributed by atoms with Crippen LogP contribution >= 0.6 is 0 Å². The number of hydrogen-bond acceptors (Lipinski definition) is 2. The number of amides is 1. The Bertz CT molecular complexity index is 443. The van der Waals surface area contributed by atoms with Crippen LogP contribution in [0.3, 0.4) is 0 Å². The number of halogens is 2. The van der Waals surface area contributed by atoms with Gasteiger partial charge in [-0.25, -0.2) is 8.78 Å². The predicted molar refractivity (Wildman–Crippen MR) is 75.2 cm³/mol. The third-order valence-electron chi connectivity index (χ3n) is 3.01. The molecule has 0 aliphatic carbocycles. The second kappa shape index (κ2) is 7.33. The Morgan fingerprint density at radius 3 is 2.20 bits per heavy atom. The smallest absolute Gasteiger partial charge is 0.236 e. The summed E-state index contributed by atoms with van der Waals surface area (Å²) in [5.74, 6) is -1.05. The van der Waals surface area contributed by atoms with Gasteiger partial charge in [0, 0.05) is 18.2 Å². The van der Waals surface area contributed by atoms with E-state index in [9.17, 15) is 13.6 Å². The molecule has 5 heteroatoms. The highest BCUT2D eigenvalue weighted by Crippen LogP contribution is 2.20. The van der Waals surface area contributed by atoms with E-state index in [4.69, 9.17) is 0 Å². The molecular weight excluding hydrogens is 262 g/mol. The predicted octanol–water partition coefficient (Wildman–Crippen LogP) is 2.78. The summed E-state index contributed by atoms with van der Waals surface area (Å²) >= 11 is 0. The maximum Gasteiger partial charge on any atom is 0.236 e. The lowest BCUT2D eigenvalue weighted by Gasteiger charge is -2.21. The summed E-state index contributed by atoms with van der Waals surface area (Å²) < 4.78 is 27.3. The number of hydrogen-bond donors (Lipinski definition) is 2. The van der Waals surface area contributed by atoms with E-state index in [0.29, 0.717) is 12.5 Å². The molecule has 0 heterocycles. The van der Waals surface area contributed by atoms with Gasteiger partial charge in [-0.05, 0) is 31.9 Å². The van der Waals surface area contributed by atoms with Gasteiger partial charge in [0.05, 0.1) is 6.04 Å². The summed E-state index contributed by atoms with van der Waals surface area (Å²) in [6.45, 7) is 7.87. The maximum atomic E-state index is 13.6. The summed E-state index contributed by atoms with van der Waals surface area (Å²) in [5.41, 5.74) is -0.0454. The van der Waals surface area contributed by atoms with Crippen molar-refractivity contribution in [1.29, 1.82) is 0 Å². The second-order valence-corrected chi connectivity index (χ2v) is 5.38. The van der Waals surface area contributed by atoms with Crippen LogP contribution in [0.25, 0.3) is 0 Å². The fraction of sp³-hybridized carbons (Fsp3) is 0.533. The first-order valence-electron chi connectivity index (χ1n) is 6.80. The van der Waals surface area contributed by atoms with Gasteiger partial charge in [-0.15, -0.1) is 0 Å². The van der Waals surface area contributed by atoms with E-state index in [-0.39, 0.29) is 11.5 Å². The molecule has 0 aliphatic heterocycles. The highest BCUT2D eigenvalue weighted by molar-refractivity contribution is 5.81. The molecule has 0 bridgehead atoms. The van der Waals surface area contributed by atoms with Crippen molar-refractivity contribution < 1.29 is 13.6 Å². The number of nitrogens with one attached hydrogen (secondary N) is 2. The fourth-order valence-corrected chi connectivity index (χ4v) is 1.92. The topological polar surface area (TPSA) is 41.1 Å². The Balaban J connectivity index is 2.66. The zero-order valence-electron chi connectivity index (χ0n) is 12.3. The summed E-state index contributed by atoms with van der Waals surface area (Å²) in [6, 6.07) is 2.62. The number of carbonyl (C=O) groups excluding carboxylic acids is 1. The van der Waals surface area contributed by atoms with Gasteiger partial charge in [-0.1, -0.05) is 19.9 Å². The van der Waals surface area contributed by atoms with Crippen molar-refractivity contribution >= 4 is 5.91 Å². The molecule has 1 rings (SSSR count). The molecule has 20 heavy (non-hydrogen) atoms. The van der Waals surface area contributed by atoms with Crippen LogP contribution in [0.5, 0.6) is 0 Å². The monoisotopic (exact) mass is 284 g/mol. The Hall–Kier alpha value is -1.49. The third-order valence-corrected chi connectivity index (χ3v) is 3.01. The van der Waals surface area contributed by atoms with E-state index >= 15 is 0 Å². The third kappa shape index (κ3) is 4.56. The molecular formula is C15H22F2N2O. The SMILES string of the molecule is CC(C)CNC(=O)C(C)NC(C)c1c(F)cccc1F. The van der Waals surface area contributed by atoms with Crippen LogP contribution in [0.2, 0.25) is 0 Å². The Labute approximate surface area is 118 Å². The van der Waals surface area contributed by atoms with Crippen LogP contribution in [0.4, 0.5) is 8.78 Å². The van der Waals surface area contributed by atoms with Crippen LogP contribution < -0.4 is 10.6 Å². The normalized spacial score (nSPS) is 14.2. The lowest BCUT2D eigenvalue weighted by atomic mass is 10.1. The first kappa shape index (κ1) is 16.6. The zero-order valence-corrected chi connectivity index (χ0v) is 12.3. The summed E-state index contributed by atoms with van der Waals surface area (Å²) in [4.78, 5) is 11.8. The van der Waals surface area contributed by atoms with Gasteiger partial charge in [0.25, 0.3) is 0 Å². The molecule has 0 radical (unpaired) electrons. The Kier molecular flexibility index (Phi) is 6.07. The summed E-state index contributed by atoms with van der Waals surface area (Å²) in [7, 11) is 0. The van der Waals surface area contributed by atoms with Crippen molar-refractivity contribution in [2.45, 2.75) is 39.8 Å². The Morgan fingerprint density at radius 2 is 1.70 bits per heavy atom. The Morgan fingerprint density at radius 1 is 1.15 bits per heavy atom. The van der Waals surface area contributed by atoms with Crippen molar-refractivity contribution in [1.82, 2.24) is 10.6 Å². The minimum atomic E-state index is -0.611. The molecule has 1 amide bonds. The van der Waals surface area contributed by atoms with Gasteiger partial charge in [0.2, 0.25) is 5.91 Å². The molecule has 1 aromatic rings. The van der Waals surface area contributed by atoms with Crippen LogP contribution in [0.1, 0.15) is 39.3 Å². The molecule has 0 saturated heterocycles. The van der Waals surface area contributed by atoms with Crippen LogP contribution in [-0.2, 0) is 4.79 Å². The largest absolute Gasteiger partial charge is 0.354 e. The quantitative estimate of drug-likeness (QED) is 0.843. The molecule has 0 aromatic heterocycles. The van der Waals surface area contributed by atoms with Gasteiger partial charge in [-0.3, -0.25) is 10.1 Å². The van der Waals surface area contributed by atoms with Crippen molar-refractivity contribution in [3.05, 3.63) is 35.4 Å². The number of rotatable bonds is 6. The van der Waals surface area contributed by atoms with E-state index in [1.54, 1.807) is 13.8 Å². The molecule has 1 aromatic carbocycles. The second-order valence-electron chi connectivity index (χ2n) is 5.38.